The molecule has 1 aliphatic heterocycles. The topological polar surface area (TPSA) is 25.2 Å². The summed E-state index contributed by atoms with van der Waals surface area (Å²) in [6.07, 6.45) is 11.4. The average Bonchev–Trinajstić information content (AvgIpc) is 2.93. The third-order valence-electron chi connectivity index (χ3n) is 4.38. The number of furan rings is 1. The fourth-order valence-corrected chi connectivity index (χ4v) is 3.24. The summed E-state index contributed by atoms with van der Waals surface area (Å²) in [4.78, 5) is 0. The summed E-state index contributed by atoms with van der Waals surface area (Å²) >= 11 is 0. The predicted molar refractivity (Wildman–Crippen MR) is 98.9 cm³/mol. The minimum Gasteiger partial charge on any atom is -0.455 e. The molecule has 2 aromatic rings. The molecule has 0 fully saturated rings. The van der Waals surface area contributed by atoms with Crippen molar-refractivity contribution < 1.29 is 8.81 Å². The molecule has 0 amide bonds. The molecule has 3 heteroatoms. The van der Waals surface area contributed by atoms with Gasteiger partial charge in [-0.1, -0.05) is 44.7 Å². The van der Waals surface area contributed by atoms with Crippen molar-refractivity contribution in [3.8, 4) is 0 Å². The lowest BCUT2D eigenvalue weighted by molar-refractivity contribution is 0.553. The van der Waals surface area contributed by atoms with E-state index in [0.29, 0.717) is 17.1 Å². The number of nitrogens with one attached hydrogen (secondary N) is 1. The fraction of sp³-hybridized carbons (Fsp3) is 0.238. The number of hydrogen-bond acceptors (Lipinski definition) is 2. The molecule has 1 N–H and O–H groups in total. The Bertz CT molecular complexity index is 868. The Morgan fingerprint density at radius 1 is 1.33 bits per heavy atom. The zero-order valence-electron chi connectivity index (χ0n) is 14.3. The van der Waals surface area contributed by atoms with Crippen molar-refractivity contribution in [1.82, 2.24) is 5.32 Å². The molecule has 0 saturated carbocycles. The molecule has 1 unspecified atom stereocenters. The Morgan fingerprint density at radius 3 is 2.71 bits per heavy atom. The highest BCUT2D eigenvalue weighted by atomic mass is 19.1. The number of rotatable bonds is 4. The average molecular weight is 323 g/mol. The van der Waals surface area contributed by atoms with Crippen molar-refractivity contribution in [3.63, 3.8) is 0 Å². The molecule has 0 bridgehead atoms. The zero-order chi connectivity index (χ0) is 17.3. The summed E-state index contributed by atoms with van der Waals surface area (Å²) in [5, 5.41) is 4.06. The molecule has 2 nitrogen and oxygen atoms in total. The first kappa shape index (κ1) is 16.3. The van der Waals surface area contributed by atoms with Crippen LogP contribution in [0.3, 0.4) is 0 Å². The monoisotopic (exact) mass is 323 g/mol. The van der Waals surface area contributed by atoms with Crippen molar-refractivity contribution >= 4 is 22.6 Å². The van der Waals surface area contributed by atoms with Gasteiger partial charge in [0.2, 0.25) is 0 Å². The van der Waals surface area contributed by atoms with Crippen LogP contribution < -0.4 is 5.32 Å². The maximum Gasteiger partial charge on any atom is 0.143 e. The van der Waals surface area contributed by atoms with Crippen LogP contribution in [0.2, 0.25) is 0 Å². The van der Waals surface area contributed by atoms with Gasteiger partial charge in [-0.05, 0) is 42.8 Å². The SMILES string of the molecule is C=Cc1c(/C(=C\C)C(C)C)oc2c(C3C=CC=CN3)c(F)ccc12. The quantitative estimate of drug-likeness (QED) is 0.747. The molecule has 0 saturated heterocycles. The van der Waals surface area contributed by atoms with Crippen molar-refractivity contribution in [2.45, 2.75) is 26.8 Å². The van der Waals surface area contributed by atoms with Crippen LogP contribution in [0.1, 0.15) is 43.7 Å². The summed E-state index contributed by atoms with van der Waals surface area (Å²) in [6, 6.07) is 3.03. The first-order valence-electron chi connectivity index (χ1n) is 8.21. The van der Waals surface area contributed by atoms with Gasteiger partial charge in [0.25, 0.3) is 0 Å². The minimum absolute atomic E-state index is 0.247. The molecular weight excluding hydrogens is 301 g/mol. The Kier molecular flexibility index (Phi) is 4.43. The number of halogens is 1. The number of allylic oxidation sites excluding steroid dienone is 4. The number of hydrogen-bond donors (Lipinski definition) is 1. The van der Waals surface area contributed by atoms with Gasteiger partial charge in [0.15, 0.2) is 0 Å². The van der Waals surface area contributed by atoms with Gasteiger partial charge in [0, 0.05) is 10.9 Å². The lowest BCUT2D eigenvalue weighted by atomic mass is 9.95. The summed E-state index contributed by atoms with van der Waals surface area (Å²) in [5.41, 5.74) is 3.13. The van der Waals surface area contributed by atoms with E-state index in [9.17, 15) is 4.39 Å². The molecule has 0 aliphatic carbocycles. The highest BCUT2D eigenvalue weighted by molar-refractivity contribution is 5.94. The number of fused-ring (bicyclic) bond motifs is 1. The normalized spacial score (nSPS) is 17.5. The third-order valence-corrected chi connectivity index (χ3v) is 4.38. The van der Waals surface area contributed by atoms with Gasteiger partial charge in [-0.25, -0.2) is 4.39 Å². The lowest BCUT2D eigenvalue weighted by Gasteiger charge is -2.17. The van der Waals surface area contributed by atoms with Crippen molar-refractivity contribution in [1.29, 1.82) is 0 Å². The molecule has 1 aromatic carbocycles. The van der Waals surface area contributed by atoms with Crippen molar-refractivity contribution in [3.05, 3.63) is 71.9 Å². The Hall–Kier alpha value is -2.55. The minimum atomic E-state index is -0.276. The van der Waals surface area contributed by atoms with Crippen molar-refractivity contribution in [2.24, 2.45) is 5.92 Å². The maximum absolute atomic E-state index is 14.6. The second kappa shape index (κ2) is 6.52. The summed E-state index contributed by atoms with van der Waals surface area (Å²) in [7, 11) is 0. The lowest BCUT2D eigenvalue weighted by Crippen LogP contribution is -2.16. The van der Waals surface area contributed by atoms with Crippen molar-refractivity contribution in [2.75, 3.05) is 0 Å². The molecule has 3 rings (SSSR count). The van der Waals surface area contributed by atoms with Gasteiger partial charge >= 0.3 is 0 Å². The molecule has 24 heavy (non-hydrogen) atoms. The molecule has 0 radical (unpaired) electrons. The van der Waals surface area contributed by atoms with Gasteiger partial charge in [-0.2, -0.15) is 0 Å². The van der Waals surface area contributed by atoms with E-state index in [2.05, 4.69) is 25.7 Å². The summed E-state index contributed by atoms with van der Waals surface area (Å²) in [5.74, 6) is 0.806. The summed E-state index contributed by atoms with van der Waals surface area (Å²) in [6.45, 7) is 10.2. The second-order valence-electron chi connectivity index (χ2n) is 6.17. The standard InChI is InChI=1S/C21H22FNO/c1-5-14(13(3)4)20-15(6-2)16-10-11-17(22)19(21(16)24-20)18-9-7-8-12-23-18/h5-13,18,23H,2H2,1,3-4H3/b14-5-. The molecule has 1 atom stereocenters. The largest absolute Gasteiger partial charge is 0.455 e. The van der Waals surface area contributed by atoms with Crippen LogP contribution in [0.15, 0.2) is 53.6 Å². The van der Waals surface area contributed by atoms with E-state index in [4.69, 9.17) is 4.42 Å². The number of benzene rings is 1. The van der Waals surface area contributed by atoms with E-state index >= 15 is 0 Å². The third kappa shape index (κ3) is 2.60. The molecular formula is C21H22FNO. The Balaban J connectivity index is 2.29. The molecule has 1 aliphatic rings. The van der Waals surface area contributed by atoms with E-state index in [1.54, 1.807) is 12.1 Å². The fourth-order valence-electron chi connectivity index (χ4n) is 3.24. The smallest absolute Gasteiger partial charge is 0.143 e. The van der Waals surface area contributed by atoms with E-state index in [1.165, 1.54) is 6.07 Å². The van der Waals surface area contributed by atoms with Crippen LogP contribution in [0.4, 0.5) is 4.39 Å². The van der Waals surface area contributed by atoms with E-state index in [-0.39, 0.29) is 11.9 Å². The predicted octanol–water partition coefficient (Wildman–Crippen LogP) is 5.99. The highest BCUT2D eigenvalue weighted by Crippen LogP contribution is 2.39. The van der Waals surface area contributed by atoms with Gasteiger partial charge in [-0.15, -0.1) is 0 Å². The van der Waals surface area contributed by atoms with Gasteiger partial charge < -0.3 is 9.73 Å². The van der Waals surface area contributed by atoms with Gasteiger partial charge in [0.1, 0.15) is 17.2 Å². The van der Waals surface area contributed by atoms with Crippen LogP contribution in [0.5, 0.6) is 0 Å². The first-order chi connectivity index (χ1) is 11.6. The molecule has 1 aromatic heterocycles. The van der Waals surface area contributed by atoms with Crippen LogP contribution in [0, 0.1) is 11.7 Å². The number of dihydropyridines is 1. The van der Waals surface area contributed by atoms with Crippen LogP contribution in [-0.2, 0) is 0 Å². The van der Waals surface area contributed by atoms with Gasteiger partial charge in [-0.3, -0.25) is 0 Å². The maximum atomic E-state index is 14.6. The van der Waals surface area contributed by atoms with Crippen LogP contribution in [-0.4, -0.2) is 0 Å². The highest BCUT2D eigenvalue weighted by Gasteiger charge is 2.24. The van der Waals surface area contributed by atoms with E-state index in [0.717, 1.165) is 22.3 Å². The zero-order valence-corrected chi connectivity index (χ0v) is 14.3. The molecule has 124 valence electrons. The molecule has 2 heterocycles. The first-order valence-corrected chi connectivity index (χ1v) is 8.21. The molecule has 0 spiro atoms. The Morgan fingerprint density at radius 2 is 2.12 bits per heavy atom. The van der Waals surface area contributed by atoms with Crippen LogP contribution in [0.25, 0.3) is 22.6 Å². The summed E-state index contributed by atoms with van der Waals surface area (Å²) < 4.78 is 20.8. The van der Waals surface area contributed by atoms with E-state index in [1.807, 2.05) is 37.4 Å². The second-order valence-corrected chi connectivity index (χ2v) is 6.17. The Labute approximate surface area is 142 Å². The van der Waals surface area contributed by atoms with E-state index < -0.39 is 0 Å². The van der Waals surface area contributed by atoms with Crippen LogP contribution >= 0.6 is 0 Å². The van der Waals surface area contributed by atoms with Gasteiger partial charge in [0.05, 0.1) is 11.6 Å².